The van der Waals surface area contributed by atoms with E-state index in [1.165, 1.54) is 28.4 Å². The highest BCUT2D eigenvalue weighted by molar-refractivity contribution is 7.12. The molecule has 8 nitrogen and oxygen atoms in total. The number of halogens is 1. The number of esters is 1. The van der Waals surface area contributed by atoms with Crippen LogP contribution in [-0.4, -0.2) is 79.0 Å². The Hall–Kier alpha value is -3.24. The lowest BCUT2D eigenvalue weighted by Gasteiger charge is -2.36. The summed E-state index contributed by atoms with van der Waals surface area (Å²) in [6, 6.07) is 8.31. The molecule has 0 aliphatic carbocycles. The van der Waals surface area contributed by atoms with Crippen molar-refractivity contribution in [3.05, 3.63) is 69.3 Å². The van der Waals surface area contributed by atoms with Crippen LogP contribution in [0.1, 0.15) is 34.6 Å². The smallest absolute Gasteiger partial charge is 0.338 e. The van der Waals surface area contributed by atoms with Gasteiger partial charge in [0.05, 0.1) is 23.1 Å². The molecule has 2 aliphatic rings. The quantitative estimate of drug-likeness (QED) is 0.616. The van der Waals surface area contributed by atoms with Gasteiger partial charge >= 0.3 is 12.0 Å². The molecule has 10 heteroatoms. The first-order valence-electron chi connectivity index (χ1n) is 11.6. The zero-order valence-corrected chi connectivity index (χ0v) is 20.6. The molecule has 2 aliphatic heterocycles. The van der Waals surface area contributed by atoms with Crippen molar-refractivity contribution in [3.63, 3.8) is 0 Å². The van der Waals surface area contributed by atoms with Crippen molar-refractivity contribution in [3.8, 4) is 0 Å². The van der Waals surface area contributed by atoms with E-state index in [2.05, 4.69) is 10.2 Å². The Morgan fingerprint density at radius 1 is 1.14 bits per heavy atom. The van der Waals surface area contributed by atoms with Crippen LogP contribution in [0.25, 0.3) is 0 Å². The van der Waals surface area contributed by atoms with Crippen LogP contribution in [0.5, 0.6) is 0 Å². The van der Waals surface area contributed by atoms with E-state index in [0.29, 0.717) is 49.6 Å². The third-order valence-electron chi connectivity index (χ3n) is 6.26. The number of thiophene rings is 1. The number of ether oxygens (including phenoxy) is 1. The number of hydrogen-bond acceptors (Lipinski definition) is 6. The predicted molar refractivity (Wildman–Crippen MR) is 130 cm³/mol. The molecule has 0 radical (unpaired) electrons. The highest BCUT2D eigenvalue weighted by atomic mass is 32.1. The molecule has 1 saturated heterocycles. The molecule has 1 aromatic carbocycles. The van der Waals surface area contributed by atoms with Gasteiger partial charge in [0, 0.05) is 45.5 Å². The summed E-state index contributed by atoms with van der Waals surface area (Å²) < 4.78 is 18.9. The van der Waals surface area contributed by atoms with Crippen molar-refractivity contribution in [2.24, 2.45) is 0 Å². The fourth-order valence-corrected chi connectivity index (χ4v) is 5.09. The SMILES string of the molecule is CCOC(=O)C1=C(CN2CCCN(C(=O)c3cccs3)CC2)N(C)C(=O)NC1c1ccc(F)cc1. The lowest BCUT2D eigenvalue weighted by atomic mass is 9.94. The second kappa shape index (κ2) is 11.0. The number of nitrogens with zero attached hydrogens (tertiary/aromatic N) is 3. The van der Waals surface area contributed by atoms with Gasteiger partial charge in [-0.3, -0.25) is 14.6 Å². The number of likely N-dealkylation sites (N-methyl/N-ethyl adjacent to an activating group) is 1. The molecule has 0 spiro atoms. The van der Waals surface area contributed by atoms with E-state index < -0.39 is 17.8 Å². The first-order chi connectivity index (χ1) is 16.9. The summed E-state index contributed by atoms with van der Waals surface area (Å²) in [6.45, 7) is 4.77. The molecule has 1 atom stereocenters. The normalized spacial score (nSPS) is 19.4. The standard InChI is InChI=1S/C25H29FN4O4S/c1-3-34-24(32)21-19(28(2)25(33)27-22(21)17-7-9-18(26)10-8-17)16-29-11-5-12-30(14-13-29)23(31)20-6-4-15-35-20/h4,6-10,15,22H,3,5,11-14,16H2,1-2H3,(H,27,33). The van der Waals surface area contributed by atoms with Crippen LogP contribution in [0.15, 0.2) is 53.0 Å². The largest absolute Gasteiger partial charge is 0.463 e. The van der Waals surface area contributed by atoms with Crippen LogP contribution in [0, 0.1) is 5.82 Å². The molecule has 3 heterocycles. The zero-order valence-electron chi connectivity index (χ0n) is 19.8. The Morgan fingerprint density at radius 3 is 2.60 bits per heavy atom. The van der Waals surface area contributed by atoms with Gasteiger partial charge in [-0.05, 0) is 42.5 Å². The first-order valence-corrected chi connectivity index (χ1v) is 12.5. The van der Waals surface area contributed by atoms with Crippen molar-refractivity contribution in [1.82, 2.24) is 20.0 Å². The number of carbonyl (C=O) groups is 3. The number of nitrogens with one attached hydrogen (secondary N) is 1. The molecule has 1 unspecified atom stereocenters. The van der Waals surface area contributed by atoms with Crippen LogP contribution < -0.4 is 5.32 Å². The summed E-state index contributed by atoms with van der Waals surface area (Å²) in [5, 5.41) is 4.74. The number of hydrogen-bond donors (Lipinski definition) is 1. The first kappa shape index (κ1) is 24.9. The van der Waals surface area contributed by atoms with Crippen molar-refractivity contribution in [2.75, 3.05) is 46.4 Å². The van der Waals surface area contributed by atoms with E-state index in [1.807, 2.05) is 22.4 Å². The number of benzene rings is 1. The maximum atomic E-state index is 13.5. The van der Waals surface area contributed by atoms with Crippen LogP contribution >= 0.6 is 11.3 Å². The van der Waals surface area contributed by atoms with E-state index in [9.17, 15) is 18.8 Å². The molecule has 35 heavy (non-hydrogen) atoms. The summed E-state index contributed by atoms with van der Waals surface area (Å²) in [4.78, 5) is 44.9. The summed E-state index contributed by atoms with van der Waals surface area (Å²) in [7, 11) is 1.62. The van der Waals surface area contributed by atoms with Gasteiger partial charge in [-0.25, -0.2) is 14.0 Å². The molecule has 186 valence electrons. The Balaban J connectivity index is 1.60. The van der Waals surface area contributed by atoms with Gasteiger partial charge in [-0.2, -0.15) is 0 Å². The average molecular weight is 501 g/mol. The van der Waals surface area contributed by atoms with Gasteiger partial charge < -0.3 is 15.0 Å². The number of urea groups is 1. The lowest BCUT2D eigenvalue weighted by Crippen LogP contribution is -2.49. The van der Waals surface area contributed by atoms with Crippen molar-refractivity contribution in [1.29, 1.82) is 0 Å². The fourth-order valence-electron chi connectivity index (χ4n) is 4.40. The van der Waals surface area contributed by atoms with Crippen molar-refractivity contribution < 1.29 is 23.5 Å². The maximum Gasteiger partial charge on any atom is 0.338 e. The van der Waals surface area contributed by atoms with Gasteiger partial charge in [0.1, 0.15) is 5.82 Å². The Morgan fingerprint density at radius 2 is 1.91 bits per heavy atom. The molecule has 0 saturated carbocycles. The molecular formula is C25H29FN4O4S. The van der Waals surface area contributed by atoms with E-state index in [4.69, 9.17) is 4.74 Å². The molecule has 3 amide bonds. The molecule has 2 aromatic rings. The number of carbonyl (C=O) groups excluding carboxylic acids is 3. The van der Waals surface area contributed by atoms with Crippen LogP contribution in [0.2, 0.25) is 0 Å². The molecule has 1 aromatic heterocycles. The number of rotatable bonds is 6. The molecular weight excluding hydrogens is 471 g/mol. The minimum absolute atomic E-state index is 0.0267. The van der Waals surface area contributed by atoms with Crippen molar-refractivity contribution >= 4 is 29.2 Å². The summed E-state index contributed by atoms with van der Waals surface area (Å²) >= 11 is 1.43. The molecule has 1 N–H and O–H groups in total. The Kier molecular flexibility index (Phi) is 7.82. The molecule has 0 bridgehead atoms. The summed E-state index contributed by atoms with van der Waals surface area (Å²) in [5.41, 5.74) is 1.47. The minimum Gasteiger partial charge on any atom is -0.463 e. The van der Waals surface area contributed by atoms with E-state index in [1.54, 1.807) is 26.1 Å². The number of amides is 3. The van der Waals surface area contributed by atoms with Gasteiger partial charge in [-0.15, -0.1) is 11.3 Å². The minimum atomic E-state index is -0.753. The van der Waals surface area contributed by atoms with Crippen LogP contribution in [0.4, 0.5) is 9.18 Å². The van der Waals surface area contributed by atoms with Gasteiger partial charge in [0.2, 0.25) is 0 Å². The molecule has 1 fully saturated rings. The lowest BCUT2D eigenvalue weighted by molar-refractivity contribution is -0.139. The highest BCUT2D eigenvalue weighted by Crippen LogP contribution is 2.31. The van der Waals surface area contributed by atoms with E-state index in [-0.39, 0.29) is 18.5 Å². The van der Waals surface area contributed by atoms with Gasteiger partial charge in [0.15, 0.2) is 0 Å². The third-order valence-corrected chi connectivity index (χ3v) is 7.11. The fraction of sp³-hybridized carbons (Fsp3) is 0.400. The Labute approximate surface area is 207 Å². The topological polar surface area (TPSA) is 82.2 Å². The zero-order chi connectivity index (χ0) is 24.9. The monoisotopic (exact) mass is 500 g/mol. The second-order valence-electron chi connectivity index (χ2n) is 8.47. The average Bonchev–Trinajstić information content (AvgIpc) is 3.29. The third kappa shape index (κ3) is 5.54. The predicted octanol–water partition coefficient (Wildman–Crippen LogP) is 3.25. The molecule has 4 rings (SSSR count). The van der Waals surface area contributed by atoms with Gasteiger partial charge in [-0.1, -0.05) is 18.2 Å². The maximum absolute atomic E-state index is 13.5. The second-order valence-corrected chi connectivity index (χ2v) is 9.42. The van der Waals surface area contributed by atoms with E-state index >= 15 is 0 Å². The van der Waals surface area contributed by atoms with Gasteiger partial charge in [0.25, 0.3) is 5.91 Å². The van der Waals surface area contributed by atoms with E-state index in [0.717, 1.165) is 11.3 Å². The highest BCUT2D eigenvalue weighted by Gasteiger charge is 2.37. The summed E-state index contributed by atoms with van der Waals surface area (Å²) in [5.74, 6) is -0.895. The Bertz CT molecular complexity index is 1100. The van der Waals surface area contributed by atoms with Crippen LogP contribution in [-0.2, 0) is 9.53 Å². The summed E-state index contributed by atoms with van der Waals surface area (Å²) in [6.07, 6.45) is 0.774. The van der Waals surface area contributed by atoms with Crippen molar-refractivity contribution in [2.45, 2.75) is 19.4 Å². The van der Waals surface area contributed by atoms with Crippen LogP contribution in [0.3, 0.4) is 0 Å².